The van der Waals surface area contributed by atoms with Gasteiger partial charge in [-0.2, -0.15) is 5.26 Å². The van der Waals surface area contributed by atoms with E-state index in [1.807, 2.05) is 0 Å². The Morgan fingerprint density at radius 1 is 1.64 bits per heavy atom. The van der Waals surface area contributed by atoms with E-state index in [1.165, 1.54) is 0 Å². The third kappa shape index (κ3) is 4.14. The van der Waals surface area contributed by atoms with Crippen molar-refractivity contribution in [2.45, 2.75) is 13.3 Å². The van der Waals surface area contributed by atoms with Crippen LogP contribution in [0.5, 0.6) is 0 Å². The van der Waals surface area contributed by atoms with Crippen LogP contribution >= 0.6 is 0 Å². The van der Waals surface area contributed by atoms with Crippen LogP contribution in [0.25, 0.3) is 0 Å². The Kier molecular flexibility index (Phi) is 7.64. The summed E-state index contributed by atoms with van der Waals surface area (Å²) in [4.78, 5) is 20.3. The molecule has 0 amide bonds. The van der Waals surface area contributed by atoms with Crippen LogP contribution in [0.15, 0.2) is 0 Å². The van der Waals surface area contributed by atoms with Crippen molar-refractivity contribution in [3.63, 3.8) is 0 Å². The molecule has 0 saturated carbocycles. The predicted molar refractivity (Wildman–Crippen MR) is 29.4 cm³/mol. The van der Waals surface area contributed by atoms with Gasteiger partial charge >= 0.3 is 29.6 Å². The first-order valence-corrected chi connectivity index (χ1v) is 2.78. The van der Waals surface area contributed by atoms with Crippen molar-refractivity contribution >= 4 is 11.8 Å². The average molecular weight is 163 g/mol. The van der Waals surface area contributed by atoms with Crippen LogP contribution in [0, 0.1) is 17.2 Å². The van der Waals surface area contributed by atoms with E-state index in [0.717, 1.165) is 0 Å². The van der Waals surface area contributed by atoms with E-state index in [4.69, 9.17) is 5.26 Å². The smallest absolute Gasteiger partial charge is 0.542 e. The molecular weight excluding hydrogens is 157 g/mol. The number of hydrogen-bond donors (Lipinski definition) is 0. The van der Waals surface area contributed by atoms with Crippen molar-refractivity contribution in [3.05, 3.63) is 0 Å². The van der Waals surface area contributed by atoms with E-state index in [1.54, 1.807) is 13.0 Å². The number of carboxylic acids is 1. The van der Waals surface area contributed by atoms with Gasteiger partial charge < -0.3 is 9.90 Å². The number of carboxylic acid groups (broad SMARTS) is 1. The quantitative estimate of drug-likeness (QED) is 0.312. The maximum Gasteiger partial charge on any atom is 1.00 e. The average Bonchev–Trinajstić information content (AvgIpc) is 1.90. The molecule has 1 atom stereocenters. The number of carbonyl (C=O) groups excluding carboxylic acids is 2. The van der Waals surface area contributed by atoms with Gasteiger partial charge in [0.15, 0.2) is 5.78 Å². The van der Waals surface area contributed by atoms with Crippen LogP contribution in [0.3, 0.4) is 0 Å². The van der Waals surface area contributed by atoms with Crippen molar-refractivity contribution < 1.29 is 44.3 Å². The zero-order valence-electron chi connectivity index (χ0n) is 6.46. The van der Waals surface area contributed by atoms with E-state index < -0.39 is 17.7 Å². The minimum absolute atomic E-state index is 0. The second kappa shape index (κ2) is 6.35. The second-order valence-electron chi connectivity index (χ2n) is 1.74. The molecule has 0 spiro atoms. The molecule has 54 valence electrons. The van der Waals surface area contributed by atoms with Crippen molar-refractivity contribution in [1.29, 1.82) is 5.26 Å². The largest absolute Gasteiger partial charge is 1.00 e. The van der Waals surface area contributed by atoms with Gasteiger partial charge in [0, 0.05) is 0 Å². The van der Waals surface area contributed by atoms with Gasteiger partial charge in [-0.1, -0.05) is 6.92 Å². The van der Waals surface area contributed by atoms with Crippen molar-refractivity contribution in [2.24, 2.45) is 5.92 Å². The van der Waals surface area contributed by atoms with Gasteiger partial charge in [-0.25, -0.2) is 0 Å². The number of aliphatic carboxylic acids is 1. The third-order valence-corrected chi connectivity index (χ3v) is 1.08. The molecule has 4 nitrogen and oxygen atoms in total. The number of ketones is 1. The van der Waals surface area contributed by atoms with Crippen LogP contribution in [0.4, 0.5) is 0 Å². The minimum Gasteiger partial charge on any atom is -0.542 e. The molecule has 1 unspecified atom stereocenters. The number of hydrogen-bond acceptors (Lipinski definition) is 4. The second-order valence-corrected chi connectivity index (χ2v) is 1.74. The molecule has 0 N–H and O–H groups in total. The molecule has 5 heteroatoms. The summed E-state index contributed by atoms with van der Waals surface area (Å²) < 4.78 is 0. The van der Waals surface area contributed by atoms with E-state index in [-0.39, 0.29) is 36.0 Å². The molecule has 0 aliphatic rings. The minimum atomic E-state index is -1.78. The van der Waals surface area contributed by atoms with Crippen LogP contribution in [-0.4, -0.2) is 11.8 Å². The number of nitriles is 1. The van der Waals surface area contributed by atoms with Gasteiger partial charge in [0.2, 0.25) is 0 Å². The van der Waals surface area contributed by atoms with Gasteiger partial charge in [-0.3, -0.25) is 4.79 Å². The van der Waals surface area contributed by atoms with Crippen LogP contribution in [0.2, 0.25) is 0 Å². The molecule has 11 heavy (non-hydrogen) atoms. The van der Waals surface area contributed by atoms with Crippen molar-refractivity contribution in [1.82, 2.24) is 0 Å². The topological polar surface area (TPSA) is 81.0 Å². The summed E-state index contributed by atoms with van der Waals surface area (Å²) in [6, 6.07) is 1.56. The Bertz CT molecular complexity index is 196. The summed E-state index contributed by atoms with van der Waals surface area (Å²) in [5.41, 5.74) is 0. The Morgan fingerprint density at radius 2 is 2.09 bits per heavy atom. The van der Waals surface area contributed by atoms with Gasteiger partial charge in [-0.05, 0) is 6.42 Å². The van der Waals surface area contributed by atoms with Crippen LogP contribution in [0.1, 0.15) is 13.3 Å². The van der Waals surface area contributed by atoms with E-state index in [0.29, 0.717) is 0 Å². The Balaban J connectivity index is 0. The van der Waals surface area contributed by atoms with Crippen LogP contribution in [-0.2, 0) is 9.59 Å². The molecule has 0 fully saturated rings. The molecule has 0 bridgehead atoms. The summed E-state index contributed by atoms with van der Waals surface area (Å²) >= 11 is 0. The number of rotatable bonds is 3. The van der Waals surface area contributed by atoms with Gasteiger partial charge in [0.1, 0.15) is 11.9 Å². The van der Waals surface area contributed by atoms with E-state index in [2.05, 4.69) is 0 Å². The molecule has 0 aliphatic heterocycles. The first-order valence-electron chi connectivity index (χ1n) is 2.78. The Hall–Kier alpha value is -0.370. The van der Waals surface area contributed by atoms with Crippen LogP contribution < -0.4 is 34.7 Å². The van der Waals surface area contributed by atoms with E-state index in [9.17, 15) is 14.7 Å². The molecule has 0 aromatic rings. The predicted octanol–water partition coefficient (Wildman–Crippen LogP) is -4.14. The Morgan fingerprint density at radius 3 is 2.18 bits per heavy atom. The molecule has 0 rings (SSSR count). The fraction of sp³-hybridized carbons (Fsp3) is 0.500. The summed E-state index contributed by atoms with van der Waals surface area (Å²) in [6.07, 6.45) is 0.212. The Labute approximate surface area is 86.5 Å². The molecule has 0 radical (unpaired) electrons. The SMILES string of the molecule is CCC(C#N)C(=O)C(=O)[O-].[Na+]. The maximum atomic E-state index is 10.4. The molecule has 0 aromatic carbocycles. The first-order chi connectivity index (χ1) is 4.63. The zero-order valence-corrected chi connectivity index (χ0v) is 8.46. The van der Waals surface area contributed by atoms with Gasteiger partial charge in [0.05, 0.1) is 6.07 Å². The fourth-order valence-corrected chi connectivity index (χ4v) is 0.478. The standard InChI is InChI=1S/C6H7NO3.Na/c1-2-4(3-7)5(8)6(9)10;/h4H,2H2,1H3,(H,9,10);/q;+1/p-1. The molecular formula is C6H6NNaO3. The third-order valence-electron chi connectivity index (χ3n) is 1.08. The molecule has 0 aliphatic carbocycles. The number of carbonyl (C=O) groups is 2. The summed E-state index contributed by atoms with van der Waals surface area (Å²) in [7, 11) is 0. The zero-order chi connectivity index (χ0) is 8.15. The molecule has 0 aromatic heterocycles. The number of Topliss-reactive ketones (excluding diaryl/α,β-unsaturated/α-hetero) is 1. The molecule has 0 saturated heterocycles. The van der Waals surface area contributed by atoms with Crippen molar-refractivity contribution in [2.75, 3.05) is 0 Å². The summed E-state index contributed by atoms with van der Waals surface area (Å²) in [6.45, 7) is 1.56. The maximum absolute atomic E-state index is 10.4. The monoisotopic (exact) mass is 163 g/mol. The van der Waals surface area contributed by atoms with Crippen molar-refractivity contribution in [3.8, 4) is 6.07 Å². The van der Waals surface area contributed by atoms with E-state index >= 15 is 0 Å². The van der Waals surface area contributed by atoms with Gasteiger partial charge in [0.25, 0.3) is 0 Å². The summed E-state index contributed by atoms with van der Waals surface area (Å²) in [5.74, 6) is -3.97. The normalized spacial score (nSPS) is 10.5. The molecule has 0 heterocycles. The van der Waals surface area contributed by atoms with Gasteiger partial charge in [-0.15, -0.1) is 0 Å². The fourth-order valence-electron chi connectivity index (χ4n) is 0.478. The number of nitrogens with zero attached hydrogens (tertiary/aromatic N) is 1. The first kappa shape index (κ1) is 13.2. The summed E-state index contributed by atoms with van der Waals surface area (Å²) in [5, 5.41) is 18.0.